The van der Waals surface area contributed by atoms with Crippen molar-refractivity contribution in [2.45, 2.75) is 25.3 Å². The van der Waals surface area contributed by atoms with Crippen LogP contribution in [0.25, 0.3) is 22.2 Å². The van der Waals surface area contributed by atoms with E-state index in [9.17, 15) is 9.59 Å². The van der Waals surface area contributed by atoms with E-state index in [0.717, 1.165) is 48.0 Å². The lowest BCUT2D eigenvalue weighted by Gasteiger charge is -2.38. The Morgan fingerprint density at radius 3 is 2.71 bits per heavy atom. The summed E-state index contributed by atoms with van der Waals surface area (Å²) in [4.78, 5) is 26.5. The predicted octanol–water partition coefficient (Wildman–Crippen LogP) is 2.93. The molecule has 9 heteroatoms. The first kappa shape index (κ1) is 22.1. The molecule has 1 fully saturated rings. The van der Waals surface area contributed by atoms with Crippen LogP contribution in [0.1, 0.15) is 35.7 Å². The highest BCUT2D eigenvalue weighted by Gasteiger charge is 2.35. The molecule has 0 aliphatic carbocycles. The molecule has 1 aromatic carbocycles. The van der Waals surface area contributed by atoms with Crippen LogP contribution in [0.2, 0.25) is 0 Å². The summed E-state index contributed by atoms with van der Waals surface area (Å²) in [5.41, 5.74) is 8.61. The molecule has 9 nitrogen and oxygen atoms in total. The number of anilines is 1. The van der Waals surface area contributed by atoms with E-state index < -0.39 is 5.91 Å². The number of methoxy groups -OCH3 is 1. The molecular weight excluding hydrogens is 432 g/mol. The maximum atomic E-state index is 12.6. The molecule has 1 unspecified atom stereocenters. The second kappa shape index (κ2) is 8.55. The number of nitrogens with zero attached hydrogens (tertiary/aromatic N) is 4. The molecule has 178 valence electrons. The van der Waals surface area contributed by atoms with Gasteiger partial charge in [0.2, 0.25) is 5.91 Å². The van der Waals surface area contributed by atoms with Gasteiger partial charge < -0.3 is 25.3 Å². The monoisotopic (exact) mass is 462 g/mol. The van der Waals surface area contributed by atoms with Gasteiger partial charge in [0.05, 0.1) is 18.7 Å². The lowest BCUT2D eigenvalue weighted by Crippen LogP contribution is -2.41. The van der Waals surface area contributed by atoms with E-state index in [1.54, 1.807) is 7.11 Å². The molecule has 0 spiro atoms. The van der Waals surface area contributed by atoms with Crippen molar-refractivity contribution in [3.63, 3.8) is 0 Å². The Morgan fingerprint density at radius 2 is 2.03 bits per heavy atom. The van der Waals surface area contributed by atoms with Crippen LogP contribution in [0.4, 0.5) is 5.82 Å². The van der Waals surface area contributed by atoms with Crippen molar-refractivity contribution in [2.24, 2.45) is 18.7 Å². The second-order valence-corrected chi connectivity index (χ2v) is 9.07. The number of amides is 2. The standard InChI is InChI=1S/C25H30N6O3/c1-4-21(32)30-11-6-15(7-12-30)18-5-9-27-25-22(24(26)33)23(28-31(18)25)16-13-19-17(8-10-29(19)2)20(14-16)34-3/h4,8,10,13-15,18,27H,1,5-7,9,11-12H2,2-3H3,(H2,26,33). The summed E-state index contributed by atoms with van der Waals surface area (Å²) >= 11 is 0. The van der Waals surface area contributed by atoms with E-state index in [2.05, 4.69) is 11.9 Å². The number of carbonyl (C=O) groups excluding carboxylic acids is 2. The Hall–Kier alpha value is -3.75. The number of fused-ring (bicyclic) bond motifs is 2. The zero-order valence-electron chi connectivity index (χ0n) is 19.6. The molecule has 5 rings (SSSR count). The lowest BCUT2D eigenvalue weighted by molar-refractivity contribution is -0.127. The molecule has 34 heavy (non-hydrogen) atoms. The van der Waals surface area contributed by atoms with E-state index in [-0.39, 0.29) is 11.9 Å². The summed E-state index contributed by atoms with van der Waals surface area (Å²) in [6.45, 7) is 5.74. The highest BCUT2D eigenvalue weighted by molar-refractivity contribution is 6.05. The average Bonchev–Trinajstić information content (AvgIpc) is 3.44. The van der Waals surface area contributed by atoms with Gasteiger partial charge in [-0.1, -0.05) is 6.58 Å². The smallest absolute Gasteiger partial charge is 0.254 e. The number of aryl methyl sites for hydroxylation is 1. The number of nitrogens with two attached hydrogens (primary N) is 1. The Kier molecular flexibility index (Phi) is 5.55. The van der Waals surface area contributed by atoms with Gasteiger partial charge >= 0.3 is 0 Å². The topological polar surface area (TPSA) is 107 Å². The van der Waals surface area contributed by atoms with E-state index in [1.807, 2.05) is 45.6 Å². The van der Waals surface area contributed by atoms with Crippen molar-refractivity contribution in [1.82, 2.24) is 19.2 Å². The highest BCUT2D eigenvalue weighted by atomic mass is 16.5. The fraction of sp³-hybridized carbons (Fsp3) is 0.400. The molecule has 0 bridgehead atoms. The van der Waals surface area contributed by atoms with Gasteiger partial charge in [-0.2, -0.15) is 5.10 Å². The Labute approximate surface area is 198 Å². The van der Waals surface area contributed by atoms with Crippen LogP contribution in [0.5, 0.6) is 5.75 Å². The molecule has 0 saturated carbocycles. The number of piperidine rings is 1. The van der Waals surface area contributed by atoms with Crippen molar-refractivity contribution in [3.05, 3.63) is 42.6 Å². The summed E-state index contributed by atoms with van der Waals surface area (Å²) in [7, 11) is 3.61. The average molecular weight is 463 g/mol. The summed E-state index contributed by atoms with van der Waals surface area (Å²) in [6.07, 6.45) is 6.01. The Morgan fingerprint density at radius 1 is 1.26 bits per heavy atom. The lowest BCUT2D eigenvalue weighted by atomic mass is 9.87. The van der Waals surface area contributed by atoms with Crippen molar-refractivity contribution in [1.29, 1.82) is 0 Å². The van der Waals surface area contributed by atoms with Crippen molar-refractivity contribution in [3.8, 4) is 17.0 Å². The molecule has 4 heterocycles. The van der Waals surface area contributed by atoms with Crippen molar-refractivity contribution < 1.29 is 14.3 Å². The summed E-state index contributed by atoms with van der Waals surface area (Å²) < 4.78 is 9.61. The van der Waals surface area contributed by atoms with Crippen LogP contribution in [-0.4, -0.2) is 57.8 Å². The predicted molar refractivity (Wildman–Crippen MR) is 131 cm³/mol. The zero-order chi connectivity index (χ0) is 24.0. The van der Waals surface area contributed by atoms with Crippen LogP contribution in [-0.2, 0) is 11.8 Å². The summed E-state index contributed by atoms with van der Waals surface area (Å²) in [5.74, 6) is 1.22. The summed E-state index contributed by atoms with van der Waals surface area (Å²) in [6, 6.07) is 6.07. The molecule has 2 amide bonds. The minimum absolute atomic E-state index is 0.0214. The maximum Gasteiger partial charge on any atom is 0.254 e. The molecule has 3 N–H and O–H groups in total. The molecule has 1 atom stereocenters. The molecule has 0 radical (unpaired) electrons. The molecule has 2 aromatic heterocycles. The summed E-state index contributed by atoms with van der Waals surface area (Å²) in [5, 5.41) is 9.32. The van der Waals surface area contributed by atoms with Gasteiger partial charge in [-0.05, 0) is 49.5 Å². The first-order chi connectivity index (χ1) is 16.4. The Bertz CT molecular complexity index is 1280. The third kappa shape index (κ3) is 3.52. The number of hydrogen-bond acceptors (Lipinski definition) is 5. The van der Waals surface area contributed by atoms with E-state index >= 15 is 0 Å². The van der Waals surface area contributed by atoms with Gasteiger partial charge in [-0.3, -0.25) is 9.59 Å². The quantitative estimate of drug-likeness (QED) is 0.567. The van der Waals surface area contributed by atoms with Crippen LogP contribution in [0.3, 0.4) is 0 Å². The molecule has 2 aliphatic rings. The van der Waals surface area contributed by atoms with Crippen LogP contribution < -0.4 is 15.8 Å². The van der Waals surface area contributed by atoms with Crippen LogP contribution in [0.15, 0.2) is 37.1 Å². The number of ether oxygens (including phenoxy) is 1. The van der Waals surface area contributed by atoms with Gasteiger partial charge in [0.25, 0.3) is 5.91 Å². The highest BCUT2D eigenvalue weighted by Crippen LogP contribution is 2.41. The molecule has 3 aromatic rings. The number of benzene rings is 1. The molecular formula is C25H30N6O3. The number of carbonyl (C=O) groups is 2. The largest absolute Gasteiger partial charge is 0.496 e. The minimum atomic E-state index is -0.512. The first-order valence-electron chi connectivity index (χ1n) is 11.6. The third-order valence-corrected chi connectivity index (χ3v) is 7.23. The van der Waals surface area contributed by atoms with E-state index in [1.165, 1.54) is 6.08 Å². The minimum Gasteiger partial charge on any atom is -0.496 e. The van der Waals surface area contributed by atoms with Crippen molar-refractivity contribution in [2.75, 3.05) is 32.1 Å². The number of nitrogens with one attached hydrogen (secondary N) is 1. The molecule has 2 aliphatic heterocycles. The SMILES string of the molecule is C=CC(=O)N1CCC(C2CCNc3c(C(N)=O)c(-c4cc(OC)c5ccn(C)c5c4)nn32)CC1. The van der Waals surface area contributed by atoms with Gasteiger partial charge in [-0.25, -0.2) is 4.68 Å². The number of hydrogen-bond donors (Lipinski definition) is 2. The number of likely N-dealkylation sites (tertiary alicyclic amines) is 1. The van der Waals surface area contributed by atoms with E-state index in [4.69, 9.17) is 15.6 Å². The van der Waals surface area contributed by atoms with Gasteiger partial charge in [-0.15, -0.1) is 0 Å². The first-order valence-corrected chi connectivity index (χ1v) is 11.6. The van der Waals surface area contributed by atoms with Gasteiger partial charge in [0.1, 0.15) is 22.8 Å². The molecule has 1 saturated heterocycles. The maximum absolute atomic E-state index is 12.6. The Balaban J connectivity index is 1.56. The van der Waals surface area contributed by atoms with Gasteiger partial charge in [0.15, 0.2) is 0 Å². The fourth-order valence-electron chi connectivity index (χ4n) is 5.45. The zero-order valence-corrected chi connectivity index (χ0v) is 19.6. The van der Waals surface area contributed by atoms with Crippen LogP contribution >= 0.6 is 0 Å². The normalized spacial score (nSPS) is 18.4. The van der Waals surface area contributed by atoms with E-state index in [0.29, 0.717) is 36.1 Å². The van der Waals surface area contributed by atoms with Crippen molar-refractivity contribution >= 4 is 28.5 Å². The number of aromatic nitrogens is 3. The number of rotatable bonds is 5. The van der Waals surface area contributed by atoms with Gasteiger partial charge in [0, 0.05) is 43.8 Å². The second-order valence-electron chi connectivity index (χ2n) is 9.07. The third-order valence-electron chi connectivity index (χ3n) is 7.23. The fourth-order valence-corrected chi connectivity index (χ4v) is 5.45. The number of primary amides is 1. The van der Waals surface area contributed by atoms with Crippen LogP contribution in [0, 0.1) is 5.92 Å².